The molecule has 0 saturated heterocycles. The molecular formula is C11H12BrN. The number of hydrogen-bond acceptors (Lipinski definition) is 1. The molecule has 0 saturated carbocycles. The predicted octanol–water partition coefficient (Wildman–Crippen LogP) is 3.07. The quantitative estimate of drug-likeness (QED) is 0.742. The molecule has 1 unspecified atom stereocenters. The molecule has 0 amide bonds. The van der Waals surface area contributed by atoms with Gasteiger partial charge < -0.3 is 0 Å². The molecule has 0 aliphatic rings. The van der Waals surface area contributed by atoms with Crippen molar-refractivity contribution in [2.45, 2.75) is 13.3 Å². The molecule has 0 N–H and O–H groups in total. The summed E-state index contributed by atoms with van der Waals surface area (Å²) in [4.78, 5) is 0. The zero-order chi connectivity index (χ0) is 9.68. The Labute approximate surface area is 87.5 Å². The number of halogens is 1. The fourth-order valence-electron chi connectivity index (χ4n) is 1.26. The van der Waals surface area contributed by atoms with Crippen molar-refractivity contribution in [3.8, 4) is 6.07 Å². The van der Waals surface area contributed by atoms with E-state index in [1.54, 1.807) is 0 Å². The van der Waals surface area contributed by atoms with Gasteiger partial charge in [0.15, 0.2) is 0 Å². The number of aryl methyl sites for hydroxylation is 1. The molecule has 0 bridgehead atoms. The summed E-state index contributed by atoms with van der Waals surface area (Å²) in [5.74, 6) is 0.0850. The molecule has 1 rings (SSSR count). The van der Waals surface area contributed by atoms with Crippen LogP contribution in [0.25, 0.3) is 0 Å². The van der Waals surface area contributed by atoms with Gasteiger partial charge in [-0.3, -0.25) is 0 Å². The molecule has 1 aromatic rings. The zero-order valence-electron chi connectivity index (χ0n) is 7.63. The lowest BCUT2D eigenvalue weighted by molar-refractivity contribution is 0.755. The average molecular weight is 238 g/mol. The van der Waals surface area contributed by atoms with Crippen LogP contribution in [0.2, 0.25) is 0 Å². The topological polar surface area (TPSA) is 23.8 Å². The molecule has 0 heterocycles. The Bertz CT molecular complexity index is 314. The van der Waals surface area contributed by atoms with E-state index in [0.29, 0.717) is 0 Å². The van der Waals surface area contributed by atoms with Gasteiger partial charge in [-0.15, -0.1) is 0 Å². The van der Waals surface area contributed by atoms with Gasteiger partial charge in [-0.1, -0.05) is 45.8 Å². The van der Waals surface area contributed by atoms with Crippen molar-refractivity contribution in [3.05, 3.63) is 35.4 Å². The molecular weight excluding hydrogens is 226 g/mol. The van der Waals surface area contributed by atoms with Crippen molar-refractivity contribution < 1.29 is 0 Å². The van der Waals surface area contributed by atoms with Gasteiger partial charge >= 0.3 is 0 Å². The summed E-state index contributed by atoms with van der Waals surface area (Å²) >= 11 is 3.33. The third kappa shape index (κ3) is 3.20. The van der Waals surface area contributed by atoms with Crippen LogP contribution in [0.1, 0.15) is 11.1 Å². The molecule has 1 nitrogen and oxygen atoms in total. The van der Waals surface area contributed by atoms with Gasteiger partial charge in [0.2, 0.25) is 0 Å². The Balaban J connectivity index is 2.69. The summed E-state index contributed by atoms with van der Waals surface area (Å²) in [5.41, 5.74) is 2.50. The number of rotatable bonds is 3. The second-order valence-corrected chi connectivity index (χ2v) is 3.82. The minimum atomic E-state index is 0.0850. The van der Waals surface area contributed by atoms with E-state index in [2.05, 4.69) is 47.1 Å². The number of benzene rings is 1. The molecule has 0 aromatic heterocycles. The minimum absolute atomic E-state index is 0.0850. The van der Waals surface area contributed by atoms with Crippen LogP contribution in [-0.4, -0.2) is 5.33 Å². The van der Waals surface area contributed by atoms with Crippen LogP contribution in [0.5, 0.6) is 0 Å². The molecule has 0 spiro atoms. The molecule has 0 aliphatic heterocycles. The highest BCUT2D eigenvalue weighted by atomic mass is 79.9. The summed E-state index contributed by atoms with van der Waals surface area (Å²) in [6.45, 7) is 2.07. The first-order chi connectivity index (χ1) is 6.26. The smallest absolute Gasteiger partial charge is 0.0668 e. The van der Waals surface area contributed by atoms with Crippen LogP contribution < -0.4 is 0 Å². The first-order valence-electron chi connectivity index (χ1n) is 4.27. The van der Waals surface area contributed by atoms with E-state index in [1.807, 2.05) is 6.07 Å². The van der Waals surface area contributed by atoms with Crippen molar-refractivity contribution in [1.82, 2.24) is 0 Å². The maximum atomic E-state index is 8.78. The first kappa shape index (κ1) is 10.3. The molecule has 0 fully saturated rings. The van der Waals surface area contributed by atoms with Crippen molar-refractivity contribution in [2.24, 2.45) is 5.92 Å². The van der Waals surface area contributed by atoms with Crippen LogP contribution in [0, 0.1) is 24.2 Å². The Morgan fingerprint density at radius 1 is 1.54 bits per heavy atom. The third-order valence-corrected chi connectivity index (χ3v) is 2.71. The standard InChI is InChI=1S/C11H12BrN/c1-9-3-2-4-10(5-9)6-11(7-12)8-13/h2-5,11H,6-7H2,1H3. The summed E-state index contributed by atoms with van der Waals surface area (Å²) in [6, 6.07) is 10.6. The van der Waals surface area contributed by atoms with Crippen molar-refractivity contribution in [3.63, 3.8) is 0 Å². The largest absolute Gasteiger partial charge is 0.198 e. The van der Waals surface area contributed by atoms with Crippen LogP contribution in [0.4, 0.5) is 0 Å². The summed E-state index contributed by atoms with van der Waals surface area (Å²) in [6.07, 6.45) is 0.837. The van der Waals surface area contributed by atoms with E-state index in [1.165, 1.54) is 11.1 Å². The molecule has 0 aliphatic carbocycles. The normalized spacial score (nSPS) is 12.1. The van der Waals surface area contributed by atoms with Gasteiger partial charge in [0.25, 0.3) is 0 Å². The van der Waals surface area contributed by atoms with Gasteiger partial charge in [0.1, 0.15) is 0 Å². The van der Waals surface area contributed by atoms with Crippen LogP contribution >= 0.6 is 15.9 Å². The number of nitrogens with zero attached hydrogens (tertiary/aromatic N) is 1. The SMILES string of the molecule is Cc1cccc(CC(C#N)CBr)c1. The van der Waals surface area contributed by atoms with E-state index in [0.717, 1.165) is 11.8 Å². The zero-order valence-corrected chi connectivity index (χ0v) is 9.21. The highest BCUT2D eigenvalue weighted by Gasteiger charge is 2.05. The summed E-state index contributed by atoms with van der Waals surface area (Å²) in [7, 11) is 0. The summed E-state index contributed by atoms with van der Waals surface area (Å²) < 4.78 is 0. The van der Waals surface area contributed by atoms with Crippen molar-refractivity contribution in [2.75, 3.05) is 5.33 Å². The molecule has 1 atom stereocenters. The Morgan fingerprint density at radius 3 is 2.85 bits per heavy atom. The minimum Gasteiger partial charge on any atom is -0.198 e. The molecule has 0 radical (unpaired) electrons. The van der Waals surface area contributed by atoms with Crippen LogP contribution in [0.3, 0.4) is 0 Å². The Morgan fingerprint density at radius 2 is 2.31 bits per heavy atom. The van der Waals surface area contributed by atoms with Gasteiger partial charge in [-0.2, -0.15) is 5.26 Å². The Kier molecular flexibility index (Phi) is 3.98. The summed E-state index contributed by atoms with van der Waals surface area (Å²) in [5, 5.41) is 9.52. The van der Waals surface area contributed by atoms with E-state index in [4.69, 9.17) is 5.26 Å². The highest BCUT2D eigenvalue weighted by Crippen LogP contribution is 2.11. The first-order valence-corrected chi connectivity index (χ1v) is 5.39. The van der Waals surface area contributed by atoms with Gasteiger partial charge in [-0.25, -0.2) is 0 Å². The van der Waals surface area contributed by atoms with Crippen LogP contribution in [0.15, 0.2) is 24.3 Å². The lowest BCUT2D eigenvalue weighted by atomic mass is 10.0. The maximum Gasteiger partial charge on any atom is 0.0668 e. The molecule has 68 valence electrons. The second-order valence-electron chi connectivity index (χ2n) is 3.17. The molecule has 13 heavy (non-hydrogen) atoms. The fraction of sp³-hybridized carbons (Fsp3) is 0.364. The van der Waals surface area contributed by atoms with E-state index < -0.39 is 0 Å². The van der Waals surface area contributed by atoms with E-state index in [-0.39, 0.29) is 5.92 Å². The average Bonchev–Trinajstić information content (AvgIpc) is 2.14. The molecule has 1 aromatic carbocycles. The van der Waals surface area contributed by atoms with Gasteiger partial charge in [0, 0.05) is 5.33 Å². The van der Waals surface area contributed by atoms with Gasteiger partial charge in [-0.05, 0) is 18.9 Å². The number of alkyl halides is 1. The second kappa shape index (κ2) is 5.04. The Hall–Kier alpha value is -0.810. The lowest BCUT2D eigenvalue weighted by Gasteiger charge is -2.05. The monoisotopic (exact) mass is 237 g/mol. The number of nitriles is 1. The number of hydrogen-bond donors (Lipinski definition) is 0. The third-order valence-electron chi connectivity index (χ3n) is 1.93. The highest BCUT2D eigenvalue weighted by molar-refractivity contribution is 9.09. The van der Waals surface area contributed by atoms with Crippen LogP contribution in [-0.2, 0) is 6.42 Å². The van der Waals surface area contributed by atoms with Crippen molar-refractivity contribution in [1.29, 1.82) is 5.26 Å². The molecule has 2 heteroatoms. The fourth-order valence-corrected chi connectivity index (χ4v) is 1.63. The van der Waals surface area contributed by atoms with Gasteiger partial charge in [0.05, 0.1) is 12.0 Å². The maximum absolute atomic E-state index is 8.78. The predicted molar refractivity (Wildman–Crippen MR) is 57.8 cm³/mol. The van der Waals surface area contributed by atoms with E-state index >= 15 is 0 Å². The lowest BCUT2D eigenvalue weighted by Crippen LogP contribution is -2.02. The van der Waals surface area contributed by atoms with Crippen molar-refractivity contribution >= 4 is 15.9 Å². The van der Waals surface area contributed by atoms with E-state index in [9.17, 15) is 0 Å².